The molecule has 4 nitrogen and oxygen atoms in total. The molecule has 0 spiro atoms. The van der Waals surface area contributed by atoms with Crippen molar-refractivity contribution in [3.8, 4) is 0 Å². The number of halogens is 1. The van der Waals surface area contributed by atoms with Crippen LogP contribution in [0, 0.1) is 0 Å². The van der Waals surface area contributed by atoms with Gasteiger partial charge in [-0.3, -0.25) is 0 Å². The Hall–Kier alpha value is -0.870. The van der Waals surface area contributed by atoms with Crippen LogP contribution in [0.2, 0.25) is 5.15 Å². The first kappa shape index (κ1) is 11.6. The average Bonchev–Trinajstić information content (AvgIpc) is 2.81. The summed E-state index contributed by atoms with van der Waals surface area (Å²) in [6.45, 7) is 5.32. The van der Waals surface area contributed by atoms with Crippen LogP contribution in [0.5, 0.6) is 0 Å². The van der Waals surface area contributed by atoms with E-state index in [9.17, 15) is 0 Å². The highest BCUT2D eigenvalue weighted by atomic mass is 35.5. The van der Waals surface area contributed by atoms with Crippen molar-refractivity contribution < 1.29 is 0 Å². The number of aromatic nitrogens is 2. The lowest BCUT2D eigenvalue weighted by molar-refractivity contribution is 0.614. The smallest absolute Gasteiger partial charge is 0.151 e. The average molecular weight is 241 g/mol. The summed E-state index contributed by atoms with van der Waals surface area (Å²) in [7, 11) is 0. The SMILES string of the molecule is CCCN(c1ccc(Cl)nn1)C1CCNC1. The van der Waals surface area contributed by atoms with Gasteiger partial charge >= 0.3 is 0 Å². The summed E-state index contributed by atoms with van der Waals surface area (Å²) >= 11 is 5.75. The second-order valence-corrected chi connectivity index (χ2v) is 4.44. The summed E-state index contributed by atoms with van der Waals surface area (Å²) in [6.07, 6.45) is 2.28. The molecule has 2 heterocycles. The van der Waals surface area contributed by atoms with Gasteiger partial charge in [0.1, 0.15) is 0 Å². The summed E-state index contributed by atoms with van der Waals surface area (Å²) < 4.78 is 0. The van der Waals surface area contributed by atoms with Crippen LogP contribution in [0.25, 0.3) is 0 Å². The molecule has 1 fully saturated rings. The van der Waals surface area contributed by atoms with Crippen LogP contribution in [0.15, 0.2) is 12.1 Å². The van der Waals surface area contributed by atoms with E-state index >= 15 is 0 Å². The Bertz CT molecular complexity index is 321. The number of anilines is 1. The van der Waals surface area contributed by atoms with Gasteiger partial charge < -0.3 is 10.2 Å². The molecule has 0 radical (unpaired) electrons. The third-order valence-corrected chi connectivity index (χ3v) is 3.05. The summed E-state index contributed by atoms with van der Waals surface area (Å²) in [5, 5.41) is 11.9. The van der Waals surface area contributed by atoms with Crippen molar-refractivity contribution >= 4 is 17.4 Å². The second-order valence-electron chi connectivity index (χ2n) is 4.05. The molecule has 2 rings (SSSR count). The van der Waals surface area contributed by atoms with Crippen LogP contribution in [-0.2, 0) is 0 Å². The van der Waals surface area contributed by atoms with Gasteiger partial charge in [0.25, 0.3) is 0 Å². The van der Waals surface area contributed by atoms with Crippen LogP contribution in [0.4, 0.5) is 5.82 Å². The van der Waals surface area contributed by atoms with E-state index in [2.05, 4.69) is 27.3 Å². The summed E-state index contributed by atoms with van der Waals surface area (Å²) in [5.41, 5.74) is 0. The highest BCUT2D eigenvalue weighted by Gasteiger charge is 2.22. The molecule has 5 heteroatoms. The molecule has 0 aliphatic carbocycles. The van der Waals surface area contributed by atoms with E-state index < -0.39 is 0 Å². The van der Waals surface area contributed by atoms with Gasteiger partial charge in [0.05, 0.1) is 0 Å². The third-order valence-electron chi connectivity index (χ3n) is 2.85. The number of nitrogens with zero attached hydrogens (tertiary/aromatic N) is 3. The molecule has 16 heavy (non-hydrogen) atoms. The zero-order valence-electron chi connectivity index (χ0n) is 9.49. The van der Waals surface area contributed by atoms with Gasteiger partial charge in [0.15, 0.2) is 11.0 Å². The summed E-state index contributed by atoms with van der Waals surface area (Å²) in [4.78, 5) is 2.32. The molecule has 1 N–H and O–H groups in total. The molecule has 1 unspecified atom stereocenters. The third kappa shape index (κ3) is 2.62. The van der Waals surface area contributed by atoms with Crippen LogP contribution >= 0.6 is 11.6 Å². The van der Waals surface area contributed by atoms with E-state index in [1.807, 2.05) is 6.07 Å². The van der Waals surface area contributed by atoms with E-state index in [-0.39, 0.29) is 0 Å². The molecule has 0 amide bonds. The van der Waals surface area contributed by atoms with Crippen molar-refractivity contribution in [2.45, 2.75) is 25.8 Å². The Morgan fingerprint density at radius 2 is 2.38 bits per heavy atom. The Morgan fingerprint density at radius 1 is 1.50 bits per heavy atom. The lowest BCUT2D eigenvalue weighted by Gasteiger charge is -2.28. The molecule has 1 atom stereocenters. The number of hydrogen-bond acceptors (Lipinski definition) is 4. The van der Waals surface area contributed by atoms with Crippen molar-refractivity contribution in [2.75, 3.05) is 24.5 Å². The molecular weight excluding hydrogens is 224 g/mol. The van der Waals surface area contributed by atoms with E-state index in [4.69, 9.17) is 11.6 Å². The minimum absolute atomic E-state index is 0.449. The van der Waals surface area contributed by atoms with Gasteiger partial charge in [0.2, 0.25) is 0 Å². The zero-order valence-corrected chi connectivity index (χ0v) is 10.2. The van der Waals surface area contributed by atoms with Crippen molar-refractivity contribution in [2.24, 2.45) is 0 Å². The molecule has 1 saturated heterocycles. The Labute approximate surface area is 101 Å². The molecule has 0 aromatic carbocycles. The van der Waals surface area contributed by atoms with Crippen LogP contribution in [0.3, 0.4) is 0 Å². The molecule has 1 aliphatic heterocycles. The molecular formula is C11H17ClN4. The number of hydrogen-bond donors (Lipinski definition) is 1. The summed E-state index contributed by atoms with van der Waals surface area (Å²) in [6, 6.07) is 4.29. The topological polar surface area (TPSA) is 41.1 Å². The number of rotatable bonds is 4. The van der Waals surface area contributed by atoms with Gasteiger partial charge in [-0.2, -0.15) is 0 Å². The fourth-order valence-corrected chi connectivity index (χ4v) is 2.19. The van der Waals surface area contributed by atoms with E-state index in [0.29, 0.717) is 11.2 Å². The molecule has 0 saturated carbocycles. The van der Waals surface area contributed by atoms with Gasteiger partial charge in [0, 0.05) is 19.1 Å². The highest BCUT2D eigenvalue weighted by molar-refractivity contribution is 6.29. The lowest BCUT2D eigenvalue weighted by atomic mass is 10.2. The van der Waals surface area contributed by atoms with E-state index in [1.165, 1.54) is 6.42 Å². The first-order chi connectivity index (χ1) is 7.81. The zero-order chi connectivity index (χ0) is 11.4. The molecule has 0 bridgehead atoms. The monoisotopic (exact) mass is 240 g/mol. The highest BCUT2D eigenvalue weighted by Crippen LogP contribution is 2.18. The van der Waals surface area contributed by atoms with Crippen molar-refractivity contribution in [3.63, 3.8) is 0 Å². The second kappa shape index (κ2) is 5.46. The maximum Gasteiger partial charge on any atom is 0.151 e. The first-order valence-corrected chi connectivity index (χ1v) is 6.15. The Balaban J connectivity index is 2.14. The fraction of sp³-hybridized carbons (Fsp3) is 0.636. The van der Waals surface area contributed by atoms with Crippen LogP contribution in [0.1, 0.15) is 19.8 Å². The normalized spacial score (nSPS) is 20.0. The maximum atomic E-state index is 5.75. The van der Waals surface area contributed by atoms with Crippen molar-refractivity contribution in [1.82, 2.24) is 15.5 Å². The van der Waals surface area contributed by atoms with Crippen LogP contribution in [-0.4, -0.2) is 35.9 Å². The van der Waals surface area contributed by atoms with Gasteiger partial charge in [-0.15, -0.1) is 10.2 Å². The summed E-state index contributed by atoms with van der Waals surface area (Å²) in [5.74, 6) is 0.931. The predicted molar refractivity (Wildman–Crippen MR) is 66.0 cm³/mol. The van der Waals surface area contributed by atoms with Gasteiger partial charge in [-0.25, -0.2) is 0 Å². The van der Waals surface area contributed by atoms with E-state index in [0.717, 1.165) is 31.9 Å². The molecule has 88 valence electrons. The molecule has 1 aliphatic rings. The minimum atomic E-state index is 0.449. The van der Waals surface area contributed by atoms with Crippen molar-refractivity contribution in [1.29, 1.82) is 0 Å². The predicted octanol–water partition coefficient (Wildman–Crippen LogP) is 1.71. The van der Waals surface area contributed by atoms with Gasteiger partial charge in [-0.1, -0.05) is 18.5 Å². The van der Waals surface area contributed by atoms with Gasteiger partial charge in [-0.05, 0) is 31.5 Å². The first-order valence-electron chi connectivity index (χ1n) is 5.78. The standard InChI is InChI=1S/C11H17ClN4/c1-2-7-16(9-5-6-13-8-9)11-4-3-10(12)14-15-11/h3-4,9,13H,2,5-8H2,1H3. The Morgan fingerprint density at radius 3 is 2.94 bits per heavy atom. The largest absolute Gasteiger partial charge is 0.351 e. The Kier molecular flexibility index (Phi) is 3.96. The van der Waals surface area contributed by atoms with E-state index in [1.54, 1.807) is 6.07 Å². The fourth-order valence-electron chi connectivity index (χ4n) is 2.09. The maximum absolute atomic E-state index is 5.75. The van der Waals surface area contributed by atoms with Crippen LogP contribution < -0.4 is 10.2 Å². The number of nitrogens with one attached hydrogen (secondary N) is 1. The minimum Gasteiger partial charge on any atom is -0.351 e. The molecule has 1 aromatic heterocycles. The quantitative estimate of drug-likeness (QED) is 0.870. The lowest BCUT2D eigenvalue weighted by Crippen LogP contribution is -2.38. The van der Waals surface area contributed by atoms with Crippen molar-refractivity contribution in [3.05, 3.63) is 17.3 Å². The molecule has 1 aromatic rings.